The van der Waals surface area contributed by atoms with Crippen LogP contribution in [0.5, 0.6) is 0 Å². The molecule has 2 fully saturated rings. The number of aliphatic imine (C=N–C) groups is 1. The summed E-state index contributed by atoms with van der Waals surface area (Å²) in [5.74, 6) is 0.900. The van der Waals surface area contributed by atoms with Crippen molar-refractivity contribution in [3.8, 4) is 0 Å². The maximum absolute atomic E-state index is 9.83. The number of ether oxygens (including phenoxy) is 1. The van der Waals surface area contributed by atoms with Gasteiger partial charge >= 0.3 is 0 Å². The Hall–Kier alpha value is -0.900. The molecule has 1 aromatic carbocycles. The van der Waals surface area contributed by atoms with E-state index in [1.165, 1.54) is 11.1 Å². The van der Waals surface area contributed by atoms with Gasteiger partial charge in [-0.15, -0.1) is 24.0 Å². The Morgan fingerprint density at radius 1 is 1.18 bits per heavy atom. The third-order valence-corrected chi connectivity index (χ3v) is 5.20. The zero-order valence-corrected chi connectivity index (χ0v) is 19.6. The van der Waals surface area contributed by atoms with Gasteiger partial charge in [0.05, 0.1) is 24.9 Å². The lowest BCUT2D eigenvalue weighted by Crippen LogP contribution is -2.44. The van der Waals surface area contributed by atoms with Gasteiger partial charge in [0.25, 0.3) is 0 Å². The largest absolute Gasteiger partial charge is 0.391 e. The molecule has 0 aliphatic carbocycles. The lowest BCUT2D eigenvalue weighted by Gasteiger charge is -2.35. The van der Waals surface area contributed by atoms with Gasteiger partial charge in [0, 0.05) is 39.3 Å². The summed E-state index contributed by atoms with van der Waals surface area (Å²) in [7, 11) is 0. The molecule has 2 heterocycles. The first kappa shape index (κ1) is 23.4. The lowest BCUT2D eigenvalue weighted by atomic mass is 10.1. The molecule has 28 heavy (non-hydrogen) atoms. The molecular weight excluding hydrogens is 467 g/mol. The number of likely N-dealkylation sites (tertiary alicyclic amines) is 1. The Bertz CT molecular complexity index is 633. The van der Waals surface area contributed by atoms with Gasteiger partial charge in [-0.25, -0.2) is 4.99 Å². The number of guanidine groups is 1. The minimum atomic E-state index is -0.244. The van der Waals surface area contributed by atoms with Crippen LogP contribution >= 0.6 is 24.0 Å². The van der Waals surface area contributed by atoms with Gasteiger partial charge in [-0.3, -0.25) is 4.90 Å². The van der Waals surface area contributed by atoms with E-state index in [4.69, 9.17) is 9.73 Å². The minimum absolute atomic E-state index is 0. The zero-order valence-electron chi connectivity index (χ0n) is 17.3. The number of hydrogen-bond acceptors (Lipinski definition) is 4. The van der Waals surface area contributed by atoms with Crippen LogP contribution in [0.4, 0.5) is 0 Å². The Balaban J connectivity index is 0.00000280. The van der Waals surface area contributed by atoms with Crippen molar-refractivity contribution in [2.45, 2.75) is 58.6 Å². The van der Waals surface area contributed by atoms with Crippen LogP contribution in [-0.4, -0.2) is 71.9 Å². The van der Waals surface area contributed by atoms with E-state index >= 15 is 0 Å². The average molecular weight is 502 g/mol. The molecule has 0 amide bonds. The maximum Gasteiger partial charge on any atom is 0.194 e. The SMILES string of the molecule is CCNC(=NCc1ccccc1CN1CC(C)OC(C)C1)N1CC[C@@H](O)C1.I. The number of nitrogens with one attached hydrogen (secondary N) is 1. The molecule has 2 saturated heterocycles. The number of aliphatic hydroxyl groups excluding tert-OH is 1. The van der Waals surface area contributed by atoms with Crippen LogP contribution in [-0.2, 0) is 17.8 Å². The van der Waals surface area contributed by atoms with Crippen LogP contribution in [0.15, 0.2) is 29.3 Å². The van der Waals surface area contributed by atoms with E-state index in [1.54, 1.807) is 0 Å². The first-order valence-electron chi connectivity index (χ1n) is 10.2. The van der Waals surface area contributed by atoms with Crippen LogP contribution in [0.3, 0.4) is 0 Å². The highest BCUT2D eigenvalue weighted by Crippen LogP contribution is 2.18. The summed E-state index contributed by atoms with van der Waals surface area (Å²) in [5, 5.41) is 13.2. The van der Waals surface area contributed by atoms with Crippen LogP contribution in [0, 0.1) is 0 Å². The summed E-state index contributed by atoms with van der Waals surface area (Å²) < 4.78 is 5.86. The predicted molar refractivity (Wildman–Crippen MR) is 124 cm³/mol. The van der Waals surface area contributed by atoms with Crippen molar-refractivity contribution in [2.75, 3.05) is 32.7 Å². The van der Waals surface area contributed by atoms with E-state index in [2.05, 4.69) is 60.2 Å². The maximum atomic E-state index is 9.83. The topological polar surface area (TPSA) is 60.3 Å². The van der Waals surface area contributed by atoms with Gasteiger partial charge in [-0.05, 0) is 38.3 Å². The molecule has 2 aliphatic rings. The molecule has 2 aliphatic heterocycles. The van der Waals surface area contributed by atoms with E-state index in [0.717, 1.165) is 45.1 Å². The minimum Gasteiger partial charge on any atom is -0.391 e. The predicted octanol–water partition coefficient (Wildman–Crippen LogP) is 2.45. The summed E-state index contributed by atoms with van der Waals surface area (Å²) in [6.07, 6.45) is 1.13. The van der Waals surface area contributed by atoms with E-state index in [9.17, 15) is 5.11 Å². The van der Waals surface area contributed by atoms with Gasteiger partial charge in [0.15, 0.2) is 5.96 Å². The number of morpholine rings is 1. The van der Waals surface area contributed by atoms with E-state index < -0.39 is 0 Å². The summed E-state index contributed by atoms with van der Waals surface area (Å²) in [5.41, 5.74) is 2.60. The molecule has 0 spiro atoms. The highest BCUT2D eigenvalue weighted by atomic mass is 127. The van der Waals surface area contributed by atoms with Crippen molar-refractivity contribution >= 4 is 29.9 Å². The summed E-state index contributed by atoms with van der Waals surface area (Å²) in [4.78, 5) is 9.49. The number of aliphatic hydroxyl groups is 1. The molecule has 2 unspecified atom stereocenters. The Morgan fingerprint density at radius 2 is 1.86 bits per heavy atom. The summed E-state index contributed by atoms with van der Waals surface area (Å²) in [6, 6.07) is 8.58. The second kappa shape index (κ2) is 11.3. The molecule has 0 aromatic heterocycles. The molecule has 3 rings (SSSR count). The van der Waals surface area contributed by atoms with Gasteiger partial charge < -0.3 is 20.1 Å². The highest BCUT2D eigenvalue weighted by Gasteiger charge is 2.24. The fraction of sp³-hybridized carbons (Fsp3) is 0.667. The van der Waals surface area contributed by atoms with Crippen molar-refractivity contribution in [1.29, 1.82) is 0 Å². The van der Waals surface area contributed by atoms with Gasteiger partial charge in [0.1, 0.15) is 0 Å². The first-order chi connectivity index (χ1) is 13.0. The second-order valence-electron chi connectivity index (χ2n) is 7.78. The average Bonchev–Trinajstić information content (AvgIpc) is 3.05. The number of rotatable bonds is 5. The smallest absolute Gasteiger partial charge is 0.194 e. The molecule has 0 saturated carbocycles. The van der Waals surface area contributed by atoms with Crippen LogP contribution in [0.1, 0.15) is 38.3 Å². The molecule has 158 valence electrons. The standard InChI is InChI=1S/C21H34N4O2.HI/c1-4-22-21(25-10-9-20(26)15-25)23-11-18-7-5-6-8-19(18)14-24-12-16(2)27-17(3)13-24;/h5-8,16-17,20,26H,4,9-15H2,1-3H3,(H,22,23);1H/t16?,17?,20-;/m1./s1. The zero-order chi connectivity index (χ0) is 19.2. The molecule has 6 nitrogen and oxygen atoms in total. The first-order valence-corrected chi connectivity index (χ1v) is 10.2. The fourth-order valence-electron chi connectivity index (χ4n) is 4.04. The van der Waals surface area contributed by atoms with Crippen LogP contribution < -0.4 is 5.32 Å². The monoisotopic (exact) mass is 502 g/mol. The molecule has 0 bridgehead atoms. The second-order valence-corrected chi connectivity index (χ2v) is 7.78. The molecule has 1 aromatic rings. The van der Waals surface area contributed by atoms with E-state index in [1.807, 2.05) is 0 Å². The van der Waals surface area contributed by atoms with Gasteiger partial charge in [0.2, 0.25) is 0 Å². The number of hydrogen-bond donors (Lipinski definition) is 2. The number of halogens is 1. The van der Waals surface area contributed by atoms with Crippen LogP contribution in [0.25, 0.3) is 0 Å². The summed E-state index contributed by atoms with van der Waals surface area (Å²) >= 11 is 0. The third-order valence-electron chi connectivity index (χ3n) is 5.20. The molecule has 3 atom stereocenters. The van der Waals surface area contributed by atoms with Crippen molar-refractivity contribution in [2.24, 2.45) is 4.99 Å². The molecule has 0 radical (unpaired) electrons. The Morgan fingerprint density at radius 3 is 2.46 bits per heavy atom. The van der Waals surface area contributed by atoms with E-state index in [0.29, 0.717) is 13.1 Å². The van der Waals surface area contributed by atoms with Crippen LogP contribution in [0.2, 0.25) is 0 Å². The Labute approximate surface area is 186 Å². The van der Waals surface area contributed by atoms with Crippen molar-refractivity contribution < 1.29 is 9.84 Å². The number of benzene rings is 1. The van der Waals surface area contributed by atoms with Crippen molar-refractivity contribution in [1.82, 2.24) is 15.1 Å². The van der Waals surface area contributed by atoms with Gasteiger partial charge in [-0.1, -0.05) is 24.3 Å². The van der Waals surface area contributed by atoms with Crippen molar-refractivity contribution in [3.63, 3.8) is 0 Å². The van der Waals surface area contributed by atoms with Gasteiger partial charge in [-0.2, -0.15) is 0 Å². The van der Waals surface area contributed by atoms with E-state index in [-0.39, 0.29) is 42.3 Å². The fourth-order valence-corrected chi connectivity index (χ4v) is 4.04. The lowest BCUT2D eigenvalue weighted by molar-refractivity contribution is -0.0705. The highest BCUT2D eigenvalue weighted by molar-refractivity contribution is 14.0. The Kier molecular flexibility index (Phi) is 9.46. The third kappa shape index (κ3) is 6.57. The number of β-amino-alcohol motifs (C(OH)–C–C–N with tert-alkyl or cyclic N) is 1. The quantitative estimate of drug-likeness (QED) is 0.368. The molecule has 7 heteroatoms. The normalized spacial score (nSPS) is 26.2. The summed E-state index contributed by atoms with van der Waals surface area (Å²) in [6.45, 7) is 12.2. The number of nitrogens with zero attached hydrogens (tertiary/aromatic N) is 3. The molecular formula is C21H35IN4O2. The molecule has 2 N–H and O–H groups in total. The van der Waals surface area contributed by atoms with Crippen molar-refractivity contribution in [3.05, 3.63) is 35.4 Å².